The molecule has 1 fully saturated rings. The maximum atomic E-state index is 14.8. The lowest BCUT2D eigenvalue weighted by molar-refractivity contribution is 0.0663. The second kappa shape index (κ2) is 7.97. The second-order valence-electron chi connectivity index (χ2n) is 7.13. The zero-order valence-corrected chi connectivity index (χ0v) is 16.0. The van der Waals surface area contributed by atoms with Gasteiger partial charge in [-0.2, -0.15) is 0 Å². The van der Waals surface area contributed by atoms with Crippen LogP contribution in [0.1, 0.15) is 10.4 Å². The fourth-order valence-corrected chi connectivity index (χ4v) is 3.31. The van der Waals surface area contributed by atoms with Crippen molar-refractivity contribution in [1.82, 2.24) is 19.8 Å². The van der Waals surface area contributed by atoms with E-state index in [-0.39, 0.29) is 17.2 Å². The van der Waals surface area contributed by atoms with Crippen molar-refractivity contribution in [1.29, 1.82) is 0 Å². The van der Waals surface area contributed by atoms with Crippen molar-refractivity contribution in [2.45, 2.75) is 0 Å². The van der Waals surface area contributed by atoms with E-state index in [9.17, 15) is 14.3 Å². The Morgan fingerprint density at radius 2 is 1.69 bits per heavy atom. The van der Waals surface area contributed by atoms with E-state index in [0.717, 1.165) is 18.7 Å². The highest BCUT2D eigenvalue weighted by Crippen LogP contribution is 2.26. The van der Waals surface area contributed by atoms with E-state index >= 15 is 0 Å². The third kappa shape index (κ3) is 4.09. The number of phenols is 1. The van der Waals surface area contributed by atoms with E-state index < -0.39 is 5.82 Å². The van der Waals surface area contributed by atoms with Gasteiger partial charge in [0.2, 0.25) is 0 Å². The van der Waals surface area contributed by atoms with Gasteiger partial charge in [0, 0.05) is 42.9 Å². The average molecular weight is 392 g/mol. The molecule has 0 spiro atoms. The number of aromatic hydroxyl groups is 1. The smallest absolute Gasteiger partial charge is 0.254 e. The summed E-state index contributed by atoms with van der Waals surface area (Å²) >= 11 is 0. The van der Waals surface area contributed by atoms with E-state index in [1.807, 2.05) is 7.05 Å². The van der Waals surface area contributed by atoms with Gasteiger partial charge >= 0.3 is 0 Å². The number of halogens is 1. The number of amides is 1. The summed E-state index contributed by atoms with van der Waals surface area (Å²) in [6.45, 7) is 2.90. The predicted octanol–water partition coefficient (Wildman–Crippen LogP) is 3.04. The van der Waals surface area contributed by atoms with Crippen LogP contribution in [0.25, 0.3) is 22.5 Å². The minimum atomic E-state index is -0.512. The molecule has 1 aromatic heterocycles. The van der Waals surface area contributed by atoms with Gasteiger partial charge in [-0.15, -0.1) is 0 Å². The molecule has 0 unspecified atom stereocenters. The summed E-state index contributed by atoms with van der Waals surface area (Å²) in [5.74, 6) is -0.515. The van der Waals surface area contributed by atoms with Crippen LogP contribution < -0.4 is 0 Å². The van der Waals surface area contributed by atoms with Gasteiger partial charge in [0.05, 0.1) is 23.8 Å². The van der Waals surface area contributed by atoms with Crippen LogP contribution >= 0.6 is 0 Å². The summed E-state index contributed by atoms with van der Waals surface area (Å²) in [6, 6.07) is 11.0. The molecule has 1 aliphatic rings. The summed E-state index contributed by atoms with van der Waals surface area (Å²) in [4.78, 5) is 25.2. The highest BCUT2D eigenvalue weighted by molar-refractivity contribution is 5.94. The minimum absolute atomic E-state index is 0.157. The van der Waals surface area contributed by atoms with Crippen molar-refractivity contribution in [2.75, 3.05) is 33.2 Å². The number of phenolic OH excluding ortho intramolecular Hbond substituents is 1. The second-order valence-corrected chi connectivity index (χ2v) is 7.13. The normalized spacial score (nSPS) is 14.8. The standard InChI is InChI=1S/C22H21FN4O2/c1-26-8-10-27(11-9-26)22(29)16-4-7-18(19(23)12-16)21-14-24-13-20(25-21)15-2-5-17(28)6-3-15/h2-7,12-14,28H,8-11H2,1H3. The van der Waals surface area contributed by atoms with Crippen molar-refractivity contribution >= 4 is 5.91 Å². The number of nitrogens with zero attached hydrogens (tertiary/aromatic N) is 4. The maximum Gasteiger partial charge on any atom is 0.254 e. The predicted molar refractivity (Wildman–Crippen MR) is 108 cm³/mol. The fourth-order valence-electron chi connectivity index (χ4n) is 3.31. The molecule has 0 bridgehead atoms. The van der Waals surface area contributed by atoms with Crippen LogP contribution in [0.2, 0.25) is 0 Å². The van der Waals surface area contributed by atoms with Gasteiger partial charge in [0.25, 0.3) is 5.91 Å². The minimum Gasteiger partial charge on any atom is -0.508 e. The maximum absolute atomic E-state index is 14.8. The van der Waals surface area contributed by atoms with E-state index in [4.69, 9.17) is 0 Å². The Kier molecular flexibility index (Phi) is 5.22. The average Bonchev–Trinajstić information content (AvgIpc) is 2.74. The molecule has 148 valence electrons. The topological polar surface area (TPSA) is 69.6 Å². The Balaban J connectivity index is 1.59. The Morgan fingerprint density at radius 1 is 1.00 bits per heavy atom. The number of hydrogen-bond acceptors (Lipinski definition) is 5. The third-order valence-corrected chi connectivity index (χ3v) is 5.08. The number of hydrogen-bond donors (Lipinski definition) is 1. The van der Waals surface area contributed by atoms with Crippen molar-refractivity contribution in [3.8, 4) is 28.3 Å². The quantitative estimate of drug-likeness (QED) is 0.742. The van der Waals surface area contributed by atoms with Gasteiger partial charge in [-0.1, -0.05) is 0 Å². The zero-order chi connectivity index (χ0) is 20.4. The Labute approximate surface area is 168 Å². The lowest BCUT2D eigenvalue weighted by atomic mass is 10.1. The fraction of sp³-hybridized carbons (Fsp3) is 0.227. The van der Waals surface area contributed by atoms with E-state index in [2.05, 4.69) is 14.9 Å². The molecule has 4 rings (SSSR count). The van der Waals surface area contributed by atoms with Gasteiger partial charge in [0.15, 0.2) is 0 Å². The monoisotopic (exact) mass is 392 g/mol. The molecular formula is C22H21FN4O2. The molecule has 2 aromatic carbocycles. The van der Waals surface area contributed by atoms with Crippen molar-refractivity contribution in [3.05, 3.63) is 66.2 Å². The molecule has 29 heavy (non-hydrogen) atoms. The van der Waals surface area contributed by atoms with E-state index in [1.165, 1.54) is 12.3 Å². The molecule has 0 atom stereocenters. The molecule has 1 N–H and O–H groups in total. The molecule has 0 saturated carbocycles. The van der Waals surface area contributed by atoms with Crippen molar-refractivity contribution < 1.29 is 14.3 Å². The summed E-state index contributed by atoms with van der Waals surface area (Å²) < 4.78 is 14.8. The number of carbonyl (C=O) groups is 1. The number of rotatable bonds is 3. The van der Waals surface area contributed by atoms with Crippen LogP contribution in [0, 0.1) is 5.82 Å². The molecule has 7 heteroatoms. The molecule has 3 aromatic rings. The summed E-state index contributed by atoms with van der Waals surface area (Å²) in [5.41, 5.74) is 2.33. The molecule has 1 amide bonds. The van der Waals surface area contributed by atoms with Crippen LogP contribution in [0.5, 0.6) is 5.75 Å². The number of benzene rings is 2. The third-order valence-electron chi connectivity index (χ3n) is 5.08. The number of aromatic nitrogens is 2. The number of carbonyl (C=O) groups excluding carboxylic acids is 1. The van der Waals surface area contributed by atoms with Crippen LogP contribution in [-0.2, 0) is 0 Å². The zero-order valence-electron chi connectivity index (χ0n) is 16.0. The van der Waals surface area contributed by atoms with Gasteiger partial charge in [-0.05, 0) is 49.5 Å². The number of piperazine rings is 1. The SMILES string of the molecule is CN1CCN(C(=O)c2ccc(-c3cncc(-c4ccc(O)cc4)n3)c(F)c2)CC1. The highest BCUT2D eigenvalue weighted by Gasteiger charge is 2.21. The first-order valence-electron chi connectivity index (χ1n) is 9.40. The lowest BCUT2D eigenvalue weighted by Crippen LogP contribution is -2.47. The Bertz CT molecular complexity index is 1030. The Morgan fingerprint density at radius 3 is 2.38 bits per heavy atom. The highest BCUT2D eigenvalue weighted by atomic mass is 19.1. The molecule has 1 aliphatic heterocycles. The molecule has 0 aliphatic carbocycles. The van der Waals surface area contributed by atoms with Crippen LogP contribution in [-0.4, -0.2) is 64.0 Å². The van der Waals surface area contributed by atoms with Crippen molar-refractivity contribution in [2.24, 2.45) is 0 Å². The first-order chi connectivity index (χ1) is 14.0. The summed E-state index contributed by atoms with van der Waals surface area (Å²) in [6.07, 6.45) is 3.07. The van der Waals surface area contributed by atoms with Crippen LogP contribution in [0.3, 0.4) is 0 Å². The van der Waals surface area contributed by atoms with E-state index in [1.54, 1.807) is 47.5 Å². The summed E-state index contributed by atoms with van der Waals surface area (Å²) in [5, 5.41) is 9.43. The molecule has 1 saturated heterocycles. The first-order valence-corrected chi connectivity index (χ1v) is 9.40. The molecular weight excluding hydrogens is 371 g/mol. The molecule has 2 heterocycles. The van der Waals surface area contributed by atoms with Gasteiger partial charge < -0.3 is 14.9 Å². The lowest BCUT2D eigenvalue weighted by Gasteiger charge is -2.32. The van der Waals surface area contributed by atoms with Gasteiger partial charge in [-0.25, -0.2) is 9.37 Å². The largest absolute Gasteiger partial charge is 0.508 e. The molecule has 0 radical (unpaired) electrons. The van der Waals surface area contributed by atoms with E-state index in [0.29, 0.717) is 30.0 Å². The van der Waals surface area contributed by atoms with Crippen molar-refractivity contribution in [3.63, 3.8) is 0 Å². The van der Waals surface area contributed by atoms with Crippen LogP contribution in [0.4, 0.5) is 4.39 Å². The van der Waals surface area contributed by atoms with Gasteiger partial charge in [0.1, 0.15) is 11.6 Å². The summed E-state index contributed by atoms with van der Waals surface area (Å²) in [7, 11) is 2.02. The Hall–Kier alpha value is -3.32. The van der Waals surface area contributed by atoms with Gasteiger partial charge in [-0.3, -0.25) is 9.78 Å². The first kappa shape index (κ1) is 19.0. The van der Waals surface area contributed by atoms with Crippen LogP contribution in [0.15, 0.2) is 54.9 Å². The molecule has 6 nitrogen and oxygen atoms in total. The number of likely N-dealkylation sites (N-methyl/N-ethyl adjacent to an activating group) is 1.